The summed E-state index contributed by atoms with van der Waals surface area (Å²) in [6, 6.07) is 0. The van der Waals surface area contributed by atoms with Crippen molar-refractivity contribution in [1.82, 2.24) is 10.2 Å². The number of esters is 1. The Labute approximate surface area is 98.3 Å². The fourth-order valence-corrected chi connectivity index (χ4v) is 2.24. The minimum atomic E-state index is -0.117. The van der Waals surface area contributed by atoms with E-state index in [-0.39, 0.29) is 5.97 Å². The number of hydrogen-bond acceptors (Lipinski definition) is 4. The van der Waals surface area contributed by atoms with E-state index in [9.17, 15) is 4.79 Å². The van der Waals surface area contributed by atoms with Crippen LogP contribution in [-0.2, 0) is 9.53 Å². The van der Waals surface area contributed by atoms with Gasteiger partial charge < -0.3 is 15.0 Å². The van der Waals surface area contributed by atoms with Crippen LogP contribution in [0.3, 0.4) is 0 Å². The Bertz CT molecular complexity index is 225. The first-order valence-electron chi connectivity index (χ1n) is 6.09. The molecule has 0 amide bonds. The number of nitrogens with one attached hydrogen (secondary N) is 1. The van der Waals surface area contributed by atoms with Crippen molar-refractivity contribution in [3.05, 3.63) is 0 Å². The summed E-state index contributed by atoms with van der Waals surface area (Å²) in [6.07, 6.45) is 1.72. The van der Waals surface area contributed by atoms with Gasteiger partial charge in [0.25, 0.3) is 0 Å². The third kappa shape index (κ3) is 4.10. The molecule has 1 fully saturated rings. The quantitative estimate of drug-likeness (QED) is 0.685. The Hall–Kier alpha value is -0.610. The molecular formula is C12H24N2O2. The van der Waals surface area contributed by atoms with Crippen molar-refractivity contribution in [3.63, 3.8) is 0 Å². The van der Waals surface area contributed by atoms with Gasteiger partial charge in [-0.15, -0.1) is 0 Å². The van der Waals surface area contributed by atoms with E-state index < -0.39 is 0 Å². The van der Waals surface area contributed by atoms with Gasteiger partial charge in [0.05, 0.1) is 13.5 Å². The summed E-state index contributed by atoms with van der Waals surface area (Å²) in [5, 5.41) is 3.40. The third-order valence-electron chi connectivity index (χ3n) is 3.37. The number of hydrogen-bond donors (Lipinski definition) is 1. The lowest BCUT2D eigenvalue weighted by Gasteiger charge is -2.30. The molecule has 94 valence electrons. The molecule has 1 N–H and O–H groups in total. The molecule has 1 aliphatic heterocycles. The van der Waals surface area contributed by atoms with Gasteiger partial charge in [-0.25, -0.2) is 0 Å². The van der Waals surface area contributed by atoms with E-state index >= 15 is 0 Å². The Balaban J connectivity index is 2.33. The zero-order valence-electron chi connectivity index (χ0n) is 10.7. The predicted molar refractivity (Wildman–Crippen MR) is 64.3 cm³/mol. The first kappa shape index (κ1) is 13.5. The Morgan fingerprint density at radius 1 is 1.56 bits per heavy atom. The van der Waals surface area contributed by atoms with Gasteiger partial charge in [0, 0.05) is 19.6 Å². The van der Waals surface area contributed by atoms with Gasteiger partial charge in [-0.1, -0.05) is 13.8 Å². The molecule has 1 unspecified atom stereocenters. The van der Waals surface area contributed by atoms with Crippen LogP contribution >= 0.6 is 0 Å². The van der Waals surface area contributed by atoms with Crippen molar-refractivity contribution in [2.75, 3.05) is 39.8 Å². The molecule has 4 nitrogen and oxygen atoms in total. The first-order valence-corrected chi connectivity index (χ1v) is 6.09. The van der Waals surface area contributed by atoms with Crippen LogP contribution in [0.1, 0.15) is 26.7 Å². The minimum Gasteiger partial charge on any atom is -0.469 e. The molecule has 16 heavy (non-hydrogen) atoms. The SMILES string of the molecule is CCN(CCC(=O)OC)CC1(C)CCNC1. The molecule has 0 aromatic carbocycles. The molecule has 4 heteroatoms. The molecular weight excluding hydrogens is 204 g/mol. The van der Waals surface area contributed by atoms with E-state index in [4.69, 9.17) is 0 Å². The molecule has 1 aliphatic rings. The number of methoxy groups -OCH3 is 1. The van der Waals surface area contributed by atoms with Gasteiger partial charge in [-0.05, 0) is 24.9 Å². The third-order valence-corrected chi connectivity index (χ3v) is 3.37. The molecule has 0 spiro atoms. The average molecular weight is 228 g/mol. The molecule has 0 bridgehead atoms. The maximum absolute atomic E-state index is 11.1. The van der Waals surface area contributed by atoms with E-state index in [2.05, 4.69) is 28.8 Å². The van der Waals surface area contributed by atoms with E-state index in [1.54, 1.807) is 0 Å². The van der Waals surface area contributed by atoms with Crippen LogP contribution in [-0.4, -0.2) is 50.7 Å². The van der Waals surface area contributed by atoms with Crippen molar-refractivity contribution in [2.24, 2.45) is 5.41 Å². The van der Waals surface area contributed by atoms with Crippen LogP contribution < -0.4 is 5.32 Å². The smallest absolute Gasteiger partial charge is 0.306 e. The second kappa shape index (κ2) is 6.21. The Kier molecular flexibility index (Phi) is 5.22. The summed E-state index contributed by atoms with van der Waals surface area (Å²) >= 11 is 0. The van der Waals surface area contributed by atoms with E-state index in [0.29, 0.717) is 11.8 Å². The predicted octanol–water partition coefficient (Wildman–Crippen LogP) is 0.871. The van der Waals surface area contributed by atoms with Gasteiger partial charge in [0.2, 0.25) is 0 Å². The van der Waals surface area contributed by atoms with Crippen LogP contribution in [0, 0.1) is 5.41 Å². The van der Waals surface area contributed by atoms with Gasteiger partial charge in [-0.3, -0.25) is 4.79 Å². The Morgan fingerprint density at radius 2 is 2.31 bits per heavy atom. The summed E-state index contributed by atoms with van der Waals surface area (Å²) in [4.78, 5) is 13.4. The van der Waals surface area contributed by atoms with E-state index in [1.165, 1.54) is 13.5 Å². The van der Waals surface area contributed by atoms with Crippen LogP contribution in [0.15, 0.2) is 0 Å². The highest BCUT2D eigenvalue weighted by Crippen LogP contribution is 2.25. The zero-order chi connectivity index (χ0) is 12.0. The standard InChI is InChI=1S/C12H24N2O2/c1-4-14(8-5-11(15)16-3)10-12(2)6-7-13-9-12/h13H,4-10H2,1-3H3. The summed E-state index contributed by atoms with van der Waals surface area (Å²) in [6.45, 7) is 9.52. The maximum Gasteiger partial charge on any atom is 0.306 e. The topological polar surface area (TPSA) is 41.6 Å². The van der Waals surface area contributed by atoms with Gasteiger partial charge in [-0.2, -0.15) is 0 Å². The Morgan fingerprint density at radius 3 is 2.81 bits per heavy atom. The van der Waals surface area contributed by atoms with Gasteiger partial charge >= 0.3 is 5.97 Å². The molecule has 0 aliphatic carbocycles. The minimum absolute atomic E-state index is 0.117. The number of carbonyl (C=O) groups is 1. The van der Waals surface area contributed by atoms with Crippen molar-refractivity contribution < 1.29 is 9.53 Å². The van der Waals surface area contributed by atoms with Crippen LogP contribution in [0.25, 0.3) is 0 Å². The summed E-state index contributed by atoms with van der Waals surface area (Å²) in [7, 11) is 1.45. The summed E-state index contributed by atoms with van der Waals surface area (Å²) < 4.78 is 4.66. The average Bonchev–Trinajstić information content (AvgIpc) is 2.70. The van der Waals surface area contributed by atoms with Crippen molar-refractivity contribution >= 4 is 5.97 Å². The lowest BCUT2D eigenvalue weighted by Crippen LogP contribution is -2.38. The molecule has 0 aromatic heterocycles. The molecule has 0 radical (unpaired) electrons. The number of carbonyl (C=O) groups excluding carboxylic acids is 1. The van der Waals surface area contributed by atoms with Crippen molar-refractivity contribution in [1.29, 1.82) is 0 Å². The number of nitrogens with zero attached hydrogens (tertiary/aromatic N) is 1. The number of ether oxygens (including phenoxy) is 1. The molecule has 0 aromatic rings. The maximum atomic E-state index is 11.1. The lowest BCUT2D eigenvalue weighted by molar-refractivity contribution is -0.141. The van der Waals surface area contributed by atoms with Crippen LogP contribution in [0.5, 0.6) is 0 Å². The van der Waals surface area contributed by atoms with Gasteiger partial charge in [0.15, 0.2) is 0 Å². The second-order valence-corrected chi connectivity index (χ2v) is 4.93. The normalized spacial score (nSPS) is 25.0. The monoisotopic (exact) mass is 228 g/mol. The number of rotatable bonds is 6. The second-order valence-electron chi connectivity index (χ2n) is 4.93. The fraction of sp³-hybridized carbons (Fsp3) is 0.917. The highest BCUT2D eigenvalue weighted by Gasteiger charge is 2.30. The molecule has 0 saturated carbocycles. The lowest BCUT2D eigenvalue weighted by atomic mass is 9.89. The molecule has 1 rings (SSSR count). The first-order chi connectivity index (χ1) is 7.59. The molecule has 1 saturated heterocycles. The fourth-order valence-electron chi connectivity index (χ4n) is 2.24. The molecule has 1 atom stereocenters. The molecule has 1 heterocycles. The van der Waals surface area contributed by atoms with E-state index in [0.717, 1.165) is 32.7 Å². The van der Waals surface area contributed by atoms with Crippen molar-refractivity contribution in [2.45, 2.75) is 26.7 Å². The summed E-state index contributed by atoms with van der Waals surface area (Å²) in [5.41, 5.74) is 0.367. The highest BCUT2D eigenvalue weighted by molar-refractivity contribution is 5.69. The van der Waals surface area contributed by atoms with Crippen LogP contribution in [0.4, 0.5) is 0 Å². The largest absolute Gasteiger partial charge is 0.469 e. The van der Waals surface area contributed by atoms with Crippen molar-refractivity contribution in [3.8, 4) is 0 Å². The summed E-state index contributed by atoms with van der Waals surface area (Å²) in [5.74, 6) is -0.117. The van der Waals surface area contributed by atoms with Crippen LogP contribution in [0.2, 0.25) is 0 Å². The zero-order valence-corrected chi connectivity index (χ0v) is 10.7. The highest BCUT2D eigenvalue weighted by atomic mass is 16.5. The van der Waals surface area contributed by atoms with E-state index in [1.807, 2.05) is 0 Å². The van der Waals surface area contributed by atoms with Gasteiger partial charge in [0.1, 0.15) is 0 Å².